The Bertz CT molecular complexity index is 448. The van der Waals surface area contributed by atoms with E-state index in [4.69, 9.17) is 0 Å². The van der Waals surface area contributed by atoms with E-state index in [1.165, 1.54) is 0 Å². The number of aromatic nitrogens is 3. The molecule has 0 aromatic carbocycles. The third-order valence-electron chi connectivity index (χ3n) is 2.64. The lowest BCUT2D eigenvalue weighted by Gasteiger charge is -2.10. The number of halogens is 1. The highest BCUT2D eigenvalue weighted by atomic mass is 19.1. The minimum absolute atomic E-state index is 0.414. The van der Waals surface area contributed by atoms with Gasteiger partial charge in [0.1, 0.15) is 6.17 Å². The van der Waals surface area contributed by atoms with E-state index >= 15 is 0 Å². The van der Waals surface area contributed by atoms with Crippen LogP contribution in [0.1, 0.15) is 6.42 Å². The SMILES string of the molecule is FC1CCN(c2nc3ccccn3n2)C1. The molecule has 2 aromatic heterocycles. The highest BCUT2D eigenvalue weighted by Crippen LogP contribution is 2.18. The van der Waals surface area contributed by atoms with E-state index in [9.17, 15) is 4.39 Å². The monoisotopic (exact) mass is 206 g/mol. The largest absolute Gasteiger partial charge is 0.336 e. The molecule has 2 aromatic rings. The summed E-state index contributed by atoms with van der Waals surface area (Å²) in [6.07, 6.45) is 1.68. The van der Waals surface area contributed by atoms with Crippen molar-refractivity contribution in [3.8, 4) is 0 Å². The topological polar surface area (TPSA) is 33.4 Å². The maximum atomic E-state index is 13.0. The standard InChI is InChI=1S/C10H11FN4/c11-8-4-6-14(7-8)10-12-9-3-1-2-5-15(9)13-10/h1-3,5,8H,4,6-7H2. The molecule has 0 aliphatic carbocycles. The number of alkyl halides is 1. The zero-order valence-corrected chi connectivity index (χ0v) is 8.17. The normalized spacial score (nSPS) is 21.4. The molecular weight excluding hydrogens is 195 g/mol. The van der Waals surface area contributed by atoms with E-state index in [0.717, 1.165) is 5.65 Å². The summed E-state index contributed by atoms with van der Waals surface area (Å²) in [6.45, 7) is 1.12. The molecule has 0 amide bonds. The first-order valence-electron chi connectivity index (χ1n) is 5.03. The quantitative estimate of drug-likeness (QED) is 0.704. The summed E-state index contributed by atoms with van der Waals surface area (Å²) in [7, 11) is 0. The average molecular weight is 206 g/mol. The maximum absolute atomic E-state index is 13.0. The molecular formula is C10H11FN4. The van der Waals surface area contributed by atoms with Gasteiger partial charge in [-0.2, -0.15) is 4.98 Å². The highest BCUT2D eigenvalue weighted by Gasteiger charge is 2.24. The van der Waals surface area contributed by atoms with Gasteiger partial charge in [0.15, 0.2) is 5.65 Å². The summed E-state index contributed by atoms with van der Waals surface area (Å²) in [5, 5.41) is 4.29. The van der Waals surface area contributed by atoms with Crippen LogP contribution in [0, 0.1) is 0 Å². The van der Waals surface area contributed by atoms with Crippen LogP contribution in [0.5, 0.6) is 0 Å². The van der Waals surface area contributed by atoms with E-state index in [-0.39, 0.29) is 0 Å². The number of fused-ring (bicyclic) bond motifs is 1. The molecule has 5 heteroatoms. The average Bonchev–Trinajstić information content (AvgIpc) is 2.82. The van der Waals surface area contributed by atoms with Crippen molar-refractivity contribution in [1.29, 1.82) is 0 Å². The van der Waals surface area contributed by atoms with Gasteiger partial charge in [-0.05, 0) is 18.6 Å². The summed E-state index contributed by atoms with van der Waals surface area (Å²) in [4.78, 5) is 6.23. The molecule has 0 saturated carbocycles. The molecule has 1 unspecified atom stereocenters. The second-order valence-electron chi connectivity index (χ2n) is 3.75. The molecule has 0 N–H and O–H groups in total. The van der Waals surface area contributed by atoms with Gasteiger partial charge in [0.25, 0.3) is 0 Å². The molecule has 1 aliphatic heterocycles. The molecule has 3 heterocycles. The number of hydrogen-bond donors (Lipinski definition) is 0. The molecule has 0 bridgehead atoms. The van der Waals surface area contributed by atoms with Crippen LogP contribution in [0.3, 0.4) is 0 Å². The van der Waals surface area contributed by atoms with Gasteiger partial charge in [0, 0.05) is 12.7 Å². The first-order valence-corrected chi connectivity index (χ1v) is 5.03. The van der Waals surface area contributed by atoms with Crippen LogP contribution in [0.15, 0.2) is 24.4 Å². The van der Waals surface area contributed by atoms with Gasteiger partial charge in [-0.15, -0.1) is 5.10 Å². The summed E-state index contributed by atoms with van der Waals surface area (Å²) < 4.78 is 14.7. The van der Waals surface area contributed by atoms with Gasteiger partial charge in [-0.1, -0.05) is 6.07 Å². The number of hydrogen-bond acceptors (Lipinski definition) is 3. The first kappa shape index (κ1) is 8.64. The van der Waals surface area contributed by atoms with Crippen LogP contribution >= 0.6 is 0 Å². The van der Waals surface area contributed by atoms with E-state index in [0.29, 0.717) is 25.5 Å². The van der Waals surface area contributed by atoms with Crippen molar-refractivity contribution in [2.24, 2.45) is 0 Å². The molecule has 3 rings (SSSR count). The maximum Gasteiger partial charge on any atom is 0.245 e. The number of nitrogens with zero attached hydrogens (tertiary/aromatic N) is 4. The van der Waals surface area contributed by atoms with Gasteiger partial charge in [0.2, 0.25) is 5.95 Å². The van der Waals surface area contributed by atoms with Crippen LogP contribution in [0.25, 0.3) is 5.65 Å². The Morgan fingerprint density at radius 2 is 2.33 bits per heavy atom. The minimum atomic E-state index is -0.739. The zero-order valence-electron chi connectivity index (χ0n) is 8.17. The van der Waals surface area contributed by atoms with Gasteiger partial charge in [-0.25, -0.2) is 8.91 Å². The smallest absolute Gasteiger partial charge is 0.245 e. The van der Waals surface area contributed by atoms with Crippen molar-refractivity contribution < 1.29 is 4.39 Å². The molecule has 1 atom stereocenters. The Kier molecular flexibility index (Phi) is 1.83. The lowest BCUT2D eigenvalue weighted by atomic mass is 10.3. The summed E-state index contributed by atoms with van der Waals surface area (Å²) in [6, 6.07) is 5.70. The Hall–Kier alpha value is -1.65. The van der Waals surface area contributed by atoms with Crippen LogP contribution in [0.2, 0.25) is 0 Å². The third kappa shape index (κ3) is 1.44. The molecule has 15 heavy (non-hydrogen) atoms. The first-order chi connectivity index (χ1) is 7.33. The Morgan fingerprint density at radius 3 is 3.07 bits per heavy atom. The molecule has 1 aliphatic rings. The lowest BCUT2D eigenvalue weighted by molar-refractivity contribution is 0.364. The van der Waals surface area contributed by atoms with Crippen LogP contribution < -0.4 is 4.90 Å². The fraction of sp³-hybridized carbons (Fsp3) is 0.400. The van der Waals surface area contributed by atoms with Gasteiger partial charge < -0.3 is 4.90 Å². The lowest BCUT2D eigenvalue weighted by Crippen LogP contribution is -2.21. The molecule has 1 fully saturated rings. The third-order valence-corrected chi connectivity index (χ3v) is 2.64. The number of pyridine rings is 1. The van der Waals surface area contributed by atoms with E-state index in [2.05, 4.69) is 10.1 Å². The van der Waals surface area contributed by atoms with Crippen molar-refractivity contribution in [3.63, 3.8) is 0 Å². The molecule has 4 nitrogen and oxygen atoms in total. The molecule has 78 valence electrons. The zero-order chi connectivity index (χ0) is 10.3. The number of rotatable bonds is 1. The summed E-state index contributed by atoms with van der Waals surface area (Å²) in [5.41, 5.74) is 0.801. The Labute approximate surface area is 86.3 Å². The van der Waals surface area contributed by atoms with Gasteiger partial charge in [0.05, 0.1) is 6.54 Å². The second kappa shape index (κ2) is 3.18. The van der Waals surface area contributed by atoms with Crippen LogP contribution in [-0.4, -0.2) is 33.9 Å². The Morgan fingerprint density at radius 1 is 1.40 bits per heavy atom. The minimum Gasteiger partial charge on any atom is -0.336 e. The summed E-state index contributed by atoms with van der Waals surface area (Å²) in [5.74, 6) is 0.626. The number of anilines is 1. The van der Waals surface area contributed by atoms with E-state index < -0.39 is 6.17 Å². The van der Waals surface area contributed by atoms with Gasteiger partial charge in [-0.3, -0.25) is 0 Å². The van der Waals surface area contributed by atoms with Crippen molar-refractivity contribution >= 4 is 11.6 Å². The van der Waals surface area contributed by atoms with Crippen molar-refractivity contribution in [3.05, 3.63) is 24.4 Å². The fourth-order valence-corrected chi connectivity index (χ4v) is 1.85. The van der Waals surface area contributed by atoms with E-state index in [1.54, 1.807) is 4.52 Å². The van der Waals surface area contributed by atoms with Crippen molar-refractivity contribution in [2.75, 3.05) is 18.0 Å². The fourth-order valence-electron chi connectivity index (χ4n) is 1.85. The Balaban J connectivity index is 1.98. The van der Waals surface area contributed by atoms with E-state index in [1.807, 2.05) is 29.3 Å². The highest BCUT2D eigenvalue weighted by molar-refractivity contribution is 5.44. The van der Waals surface area contributed by atoms with Crippen molar-refractivity contribution in [2.45, 2.75) is 12.6 Å². The second-order valence-corrected chi connectivity index (χ2v) is 3.75. The predicted molar refractivity (Wildman–Crippen MR) is 54.7 cm³/mol. The van der Waals surface area contributed by atoms with Crippen LogP contribution in [0.4, 0.5) is 10.3 Å². The van der Waals surface area contributed by atoms with Crippen molar-refractivity contribution in [1.82, 2.24) is 14.6 Å². The molecule has 1 saturated heterocycles. The summed E-state index contributed by atoms with van der Waals surface area (Å²) >= 11 is 0. The molecule has 0 radical (unpaired) electrons. The molecule has 0 spiro atoms. The van der Waals surface area contributed by atoms with Crippen LogP contribution in [-0.2, 0) is 0 Å². The predicted octanol–water partition coefficient (Wildman–Crippen LogP) is 1.28. The van der Waals surface area contributed by atoms with Gasteiger partial charge >= 0.3 is 0 Å².